The van der Waals surface area contributed by atoms with Crippen LogP contribution in [0.15, 0.2) is 30.3 Å². The normalized spacial score (nSPS) is 31.3. The van der Waals surface area contributed by atoms with Gasteiger partial charge in [-0.05, 0) is 44.1 Å². The van der Waals surface area contributed by atoms with E-state index < -0.39 is 104 Å². The summed E-state index contributed by atoms with van der Waals surface area (Å²) in [5.41, 5.74) is 0.822. The zero-order valence-corrected chi connectivity index (χ0v) is 44.6. The second-order valence-corrected chi connectivity index (χ2v) is 22.0. The third kappa shape index (κ3) is 22.2. The number of cyclic esters (lactones) is 2. The highest BCUT2D eigenvalue weighted by Crippen LogP contribution is 2.32. The first-order chi connectivity index (χ1) is 34.2. The first-order valence-electron chi connectivity index (χ1n) is 28.2. The van der Waals surface area contributed by atoms with Crippen molar-refractivity contribution < 1.29 is 68.3 Å². The predicted octanol–water partition coefficient (Wildman–Crippen LogP) is 9.64. The van der Waals surface area contributed by atoms with Crippen molar-refractivity contribution in [1.82, 2.24) is 0 Å². The highest BCUT2D eigenvalue weighted by atomic mass is 16.7. The average Bonchev–Trinajstić information content (AvgIpc) is 3.35. The monoisotopic (exact) mass is 1010 g/mol. The summed E-state index contributed by atoms with van der Waals surface area (Å²) in [6.07, 6.45) is 9.62. The molecule has 3 saturated heterocycles. The Morgan fingerprint density at radius 2 is 0.859 bits per heavy atom. The molecule has 1 aromatic rings. The van der Waals surface area contributed by atoms with Crippen molar-refractivity contribution in [3.8, 4) is 0 Å². The number of benzene rings is 1. The van der Waals surface area contributed by atoms with E-state index in [2.05, 4.69) is 27.7 Å². The van der Waals surface area contributed by atoms with Crippen molar-refractivity contribution >= 4 is 11.9 Å². The summed E-state index contributed by atoms with van der Waals surface area (Å²) in [6, 6.07) is 9.35. The standard InChI is InChI=1S/C57H98O14/c1-39(2)30-24-19-15-11-7-9-13-17-21-28-34-44-42(6)55(64)67-38-47-53(65-36-43-32-26-23-27-33-43)50(60)52(62)57(71-47)69-45(35-29-22-18-14-10-8-12-16-20-25-31-40(3)4)41(5)54(63)66-37-46-48(58)49(59)51(61)56(68-44)70-46/h23,26-27,32-33,39-42,44-53,56-62H,7-22,24-25,28-31,34-38H2,1-6H3/t41-,42-,44+,45+,46-,47-,48-,49+,50-,51-,52-,53-,56-,57-/m1/s1. The van der Waals surface area contributed by atoms with Crippen molar-refractivity contribution in [1.29, 1.82) is 0 Å². The Morgan fingerprint density at radius 3 is 1.30 bits per heavy atom. The molecule has 5 N–H and O–H groups in total. The van der Waals surface area contributed by atoms with Gasteiger partial charge in [-0.3, -0.25) is 9.59 Å². The van der Waals surface area contributed by atoms with Crippen LogP contribution in [-0.4, -0.2) is 124 Å². The first-order valence-corrected chi connectivity index (χ1v) is 28.2. The van der Waals surface area contributed by atoms with E-state index in [0.717, 1.165) is 68.8 Å². The highest BCUT2D eigenvalue weighted by Gasteiger charge is 2.49. The van der Waals surface area contributed by atoms with Crippen LogP contribution in [0.4, 0.5) is 0 Å². The van der Waals surface area contributed by atoms with E-state index in [1.807, 2.05) is 30.3 Å². The zero-order chi connectivity index (χ0) is 51.5. The van der Waals surface area contributed by atoms with Crippen molar-refractivity contribution in [2.24, 2.45) is 23.7 Å². The van der Waals surface area contributed by atoms with E-state index in [4.69, 9.17) is 33.2 Å². The fourth-order valence-corrected chi connectivity index (χ4v) is 10.0. The lowest BCUT2D eigenvalue weighted by Gasteiger charge is -2.44. The van der Waals surface area contributed by atoms with E-state index in [0.29, 0.717) is 25.7 Å². The summed E-state index contributed by atoms with van der Waals surface area (Å²) >= 11 is 0. The summed E-state index contributed by atoms with van der Waals surface area (Å²) in [5.74, 6) is -1.62. The molecule has 1 aromatic carbocycles. The fraction of sp³-hybridized carbons (Fsp3) is 0.860. The van der Waals surface area contributed by atoms with Crippen LogP contribution in [0.5, 0.6) is 0 Å². The van der Waals surface area contributed by atoms with Gasteiger partial charge in [0.2, 0.25) is 0 Å². The smallest absolute Gasteiger partial charge is 0.311 e. The van der Waals surface area contributed by atoms with Crippen molar-refractivity contribution in [2.75, 3.05) is 13.2 Å². The van der Waals surface area contributed by atoms with Crippen LogP contribution in [0.3, 0.4) is 0 Å². The molecule has 14 nitrogen and oxygen atoms in total. The summed E-state index contributed by atoms with van der Waals surface area (Å²) in [4.78, 5) is 27.9. The Labute approximate surface area is 427 Å². The van der Waals surface area contributed by atoms with Crippen molar-refractivity contribution in [3.05, 3.63) is 35.9 Å². The molecule has 0 spiro atoms. The lowest BCUT2D eigenvalue weighted by Crippen LogP contribution is -2.61. The van der Waals surface area contributed by atoms with Crippen LogP contribution in [0.25, 0.3) is 0 Å². The molecule has 4 rings (SSSR count). The molecule has 14 heteroatoms. The van der Waals surface area contributed by atoms with Crippen molar-refractivity contribution in [2.45, 2.75) is 276 Å². The Bertz CT molecular complexity index is 1550. The molecular formula is C57H98O14. The maximum absolute atomic E-state index is 14.1. The molecule has 0 unspecified atom stereocenters. The first kappa shape index (κ1) is 61.3. The number of carbonyl (C=O) groups is 2. The van der Waals surface area contributed by atoms with E-state index in [-0.39, 0.29) is 13.2 Å². The zero-order valence-electron chi connectivity index (χ0n) is 44.6. The van der Waals surface area contributed by atoms with Gasteiger partial charge in [0.05, 0.1) is 30.7 Å². The molecule has 3 aliphatic rings. The number of carbonyl (C=O) groups excluding carboxylic acids is 2. The topological polar surface area (TPSA) is 200 Å². The largest absolute Gasteiger partial charge is 0.463 e. The lowest BCUT2D eigenvalue weighted by atomic mass is 9.95. The van der Waals surface area contributed by atoms with Gasteiger partial charge in [0, 0.05) is 0 Å². The van der Waals surface area contributed by atoms with Gasteiger partial charge < -0.3 is 58.7 Å². The van der Waals surface area contributed by atoms with Gasteiger partial charge in [0.25, 0.3) is 0 Å². The summed E-state index contributed by atoms with van der Waals surface area (Å²) < 4.78 is 43.1. The summed E-state index contributed by atoms with van der Waals surface area (Å²) in [6.45, 7) is 11.6. The maximum Gasteiger partial charge on any atom is 0.311 e. The van der Waals surface area contributed by atoms with Crippen LogP contribution in [-0.2, 0) is 49.4 Å². The fourth-order valence-electron chi connectivity index (χ4n) is 10.0. The molecule has 0 aliphatic carbocycles. The molecule has 4 bridgehead atoms. The molecule has 3 fully saturated rings. The number of ether oxygens (including phenoxy) is 7. The number of aliphatic hydroxyl groups is 5. The number of hydrogen-bond donors (Lipinski definition) is 5. The molecule has 0 saturated carbocycles. The number of unbranched alkanes of at least 4 members (excludes halogenated alkanes) is 18. The van der Waals surface area contributed by atoms with E-state index in [1.165, 1.54) is 77.0 Å². The van der Waals surface area contributed by atoms with Crippen molar-refractivity contribution in [3.63, 3.8) is 0 Å². The number of fused-ring (bicyclic) bond motifs is 4. The maximum atomic E-state index is 14.1. The van der Waals surface area contributed by atoms with Gasteiger partial charge in [-0.15, -0.1) is 0 Å². The van der Waals surface area contributed by atoms with Gasteiger partial charge >= 0.3 is 11.9 Å². The average molecular weight is 1010 g/mol. The minimum atomic E-state index is -1.69. The highest BCUT2D eigenvalue weighted by molar-refractivity contribution is 5.73. The molecule has 71 heavy (non-hydrogen) atoms. The summed E-state index contributed by atoms with van der Waals surface area (Å²) in [7, 11) is 0. The Kier molecular flexibility index (Phi) is 29.7. The second-order valence-electron chi connectivity index (χ2n) is 22.0. The third-order valence-electron chi connectivity index (χ3n) is 14.9. The number of esters is 2. The molecule has 3 aliphatic heterocycles. The molecule has 0 amide bonds. The van der Waals surface area contributed by atoms with Crippen LogP contribution in [0.1, 0.15) is 201 Å². The number of hydrogen-bond acceptors (Lipinski definition) is 14. The van der Waals surface area contributed by atoms with Crippen LogP contribution in [0, 0.1) is 23.7 Å². The quantitative estimate of drug-likeness (QED) is 0.0375. The second kappa shape index (κ2) is 34.4. The van der Waals surface area contributed by atoms with Gasteiger partial charge in [-0.1, -0.05) is 199 Å². The Morgan fingerprint density at radius 1 is 0.479 bits per heavy atom. The Balaban J connectivity index is 1.46. The molecular weight excluding hydrogens is 909 g/mol. The van der Waals surface area contributed by atoms with Gasteiger partial charge in [-0.2, -0.15) is 0 Å². The molecule has 410 valence electrons. The van der Waals surface area contributed by atoms with Gasteiger partial charge in [0.1, 0.15) is 62.0 Å². The van der Waals surface area contributed by atoms with Gasteiger partial charge in [-0.25, -0.2) is 0 Å². The minimum Gasteiger partial charge on any atom is -0.463 e. The molecule has 0 aromatic heterocycles. The molecule has 3 heterocycles. The van der Waals surface area contributed by atoms with E-state index in [9.17, 15) is 35.1 Å². The van der Waals surface area contributed by atoms with E-state index in [1.54, 1.807) is 13.8 Å². The summed E-state index contributed by atoms with van der Waals surface area (Å²) in [5, 5.41) is 56.4. The number of rotatable bonds is 29. The van der Waals surface area contributed by atoms with Crippen LogP contribution in [0.2, 0.25) is 0 Å². The lowest BCUT2D eigenvalue weighted by molar-refractivity contribution is -0.324. The predicted molar refractivity (Wildman–Crippen MR) is 273 cm³/mol. The number of aliphatic hydroxyl groups excluding tert-OH is 5. The van der Waals surface area contributed by atoms with Gasteiger partial charge in [0.15, 0.2) is 12.6 Å². The third-order valence-corrected chi connectivity index (χ3v) is 14.9. The van der Waals surface area contributed by atoms with E-state index >= 15 is 0 Å². The molecule has 14 atom stereocenters. The Hall–Kier alpha value is -2.24. The van der Waals surface area contributed by atoms with Crippen LogP contribution >= 0.6 is 0 Å². The SMILES string of the molecule is CC(C)CCCCCCCCCCCC[C@@H]1O[C@@H]2O[C@H](COC(=O)[C@H](C)[C@H](CCCCCCCCCCCCC(C)C)O[C@@H]3O[C@H](COC(=O)[C@@H]1C)[C@@H](OCc1ccccc1)[C@H](O)[C@H]3O)[C@@H](O)[C@H](O)[C@H]2O. The van der Waals surface area contributed by atoms with Crippen LogP contribution < -0.4 is 0 Å². The molecule has 0 radical (unpaired) electrons. The minimum absolute atomic E-state index is 0.0778.